The van der Waals surface area contributed by atoms with Gasteiger partial charge in [0.2, 0.25) is 0 Å². The van der Waals surface area contributed by atoms with Gasteiger partial charge in [0.25, 0.3) is 0 Å². The molecule has 176 valence electrons. The molecule has 1 heterocycles. The molecule has 0 bridgehead atoms. The number of carbonyl (C=O) groups is 1. The number of hydrogen-bond donors (Lipinski definition) is 1. The van der Waals surface area contributed by atoms with Crippen LogP contribution in [0.3, 0.4) is 0 Å². The average molecular weight is 492 g/mol. The van der Waals surface area contributed by atoms with Gasteiger partial charge in [0.1, 0.15) is 12.4 Å². The third-order valence-electron chi connectivity index (χ3n) is 4.85. The van der Waals surface area contributed by atoms with E-state index in [-0.39, 0.29) is 22.7 Å². The first kappa shape index (κ1) is 24.5. The quantitative estimate of drug-likeness (QED) is 0.389. The van der Waals surface area contributed by atoms with E-state index in [9.17, 15) is 31.1 Å². The van der Waals surface area contributed by atoms with Gasteiger partial charge in [-0.25, -0.2) is 13.2 Å². The Morgan fingerprint density at radius 2 is 1.73 bits per heavy atom. The summed E-state index contributed by atoms with van der Waals surface area (Å²) in [5.41, 5.74) is -1.62. The summed E-state index contributed by atoms with van der Waals surface area (Å²) in [7, 11) is 0. The van der Waals surface area contributed by atoms with Crippen molar-refractivity contribution in [3.05, 3.63) is 81.9 Å². The first-order valence-corrected chi connectivity index (χ1v) is 9.82. The van der Waals surface area contributed by atoms with Crippen molar-refractivity contribution in [3.8, 4) is 11.4 Å². The molecule has 0 aliphatic carbocycles. The smallest absolute Gasteiger partial charge is 0.418 e. The third kappa shape index (κ3) is 5.44. The Kier molecular flexibility index (Phi) is 6.97. The Labute approximate surface area is 189 Å². The van der Waals surface area contributed by atoms with Gasteiger partial charge in [-0.2, -0.15) is 13.2 Å². The van der Waals surface area contributed by atoms with Crippen LogP contribution in [0, 0.1) is 23.4 Å². The highest BCUT2D eigenvalue weighted by Gasteiger charge is 2.36. The van der Waals surface area contributed by atoms with Crippen LogP contribution < -0.4 is 4.74 Å². The van der Waals surface area contributed by atoms with Crippen LogP contribution in [-0.4, -0.2) is 15.6 Å². The summed E-state index contributed by atoms with van der Waals surface area (Å²) >= 11 is 5.62. The second kappa shape index (κ2) is 9.38. The molecule has 1 N–H and O–H groups in total. The number of aromatic nitrogens is 1. The number of halogens is 7. The van der Waals surface area contributed by atoms with E-state index in [1.807, 2.05) is 0 Å². The van der Waals surface area contributed by atoms with Gasteiger partial charge < -0.3 is 14.4 Å². The molecule has 1 aromatic heterocycles. The highest BCUT2D eigenvalue weighted by molar-refractivity contribution is 6.30. The van der Waals surface area contributed by atoms with Crippen LogP contribution in [0.1, 0.15) is 23.7 Å². The Bertz CT molecular complexity index is 1170. The number of carboxylic acids is 1. The molecule has 0 amide bonds. The Morgan fingerprint density at radius 1 is 1.09 bits per heavy atom. The summed E-state index contributed by atoms with van der Waals surface area (Å²) in [6.45, 7) is 0.458. The van der Waals surface area contributed by atoms with Crippen molar-refractivity contribution < 1.29 is 41.0 Å². The lowest BCUT2D eigenvalue weighted by atomic mass is 10.0. The number of ether oxygens (including phenoxy) is 1. The highest BCUT2D eigenvalue weighted by atomic mass is 35.5. The molecule has 0 saturated carbocycles. The van der Waals surface area contributed by atoms with Crippen LogP contribution in [0.2, 0.25) is 5.02 Å². The number of benzene rings is 2. The van der Waals surface area contributed by atoms with Crippen molar-refractivity contribution in [2.24, 2.45) is 5.92 Å². The van der Waals surface area contributed by atoms with Gasteiger partial charge in [-0.15, -0.1) is 0 Å². The predicted molar refractivity (Wildman–Crippen MR) is 107 cm³/mol. The minimum atomic E-state index is -4.82. The molecule has 4 nitrogen and oxygen atoms in total. The number of hydrogen-bond acceptors (Lipinski definition) is 2. The van der Waals surface area contributed by atoms with Gasteiger partial charge >= 0.3 is 12.1 Å². The zero-order valence-electron chi connectivity index (χ0n) is 16.9. The van der Waals surface area contributed by atoms with Crippen molar-refractivity contribution in [1.29, 1.82) is 0 Å². The van der Waals surface area contributed by atoms with Crippen LogP contribution >= 0.6 is 11.6 Å². The highest BCUT2D eigenvalue weighted by Crippen LogP contribution is 2.35. The van der Waals surface area contributed by atoms with E-state index in [1.165, 1.54) is 13.0 Å². The minimum absolute atomic E-state index is 0.00931. The summed E-state index contributed by atoms with van der Waals surface area (Å²) in [5, 5.41) is 8.70. The molecule has 3 aromatic rings. The van der Waals surface area contributed by atoms with Crippen LogP contribution in [0.25, 0.3) is 5.69 Å². The molecular formula is C22H16ClF6NO3. The van der Waals surface area contributed by atoms with Gasteiger partial charge in [0.05, 0.1) is 22.2 Å². The van der Waals surface area contributed by atoms with Gasteiger partial charge in [-0.3, -0.25) is 4.79 Å². The topological polar surface area (TPSA) is 51.5 Å². The number of nitrogens with zero attached hydrogens (tertiary/aromatic N) is 1. The third-order valence-corrected chi connectivity index (χ3v) is 5.16. The van der Waals surface area contributed by atoms with E-state index >= 15 is 0 Å². The molecule has 3 rings (SSSR count). The van der Waals surface area contributed by atoms with Crippen molar-refractivity contribution in [2.45, 2.75) is 26.1 Å². The molecule has 0 spiro atoms. The summed E-state index contributed by atoms with van der Waals surface area (Å²) in [6.07, 6.45) is -3.96. The fourth-order valence-corrected chi connectivity index (χ4v) is 3.31. The van der Waals surface area contributed by atoms with Crippen molar-refractivity contribution in [2.75, 3.05) is 0 Å². The number of rotatable bonds is 7. The standard InChI is InChI=1S/C22H16ClF6NO3/c1-11(21(31)32)6-12-7-17(25)20(18(26)8-12)33-10-19-14(22(27,28)29)4-5-30(19)13-2-3-15(23)16(24)9-13/h2-5,7-9,11H,6,10H2,1H3,(H,31,32). The first-order chi connectivity index (χ1) is 15.4. The van der Waals surface area contributed by atoms with Crippen molar-refractivity contribution in [1.82, 2.24) is 4.57 Å². The zero-order valence-corrected chi connectivity index (χ0v) is 17.6. The summed E-state index contributed by atoms with van der Waals surface area (Å²) < 4.78 is 89.2. The number of aliphatic carboxylic acids is 1. The molecule has 33 heavy (non-hydrogen) atoms. The lowest BCUT2D eigenvalue weighted by Gasteiger charge is -2.16. The first-order valence-electron chi connectivity index (χ1n) is 9.44. The van der Waals surface area contributed by atoms with Gasteiger partial charge in [0.15, 0.2) is 17.4 Å². The maximum absolute atomic E-state index is 14.4. The van der Waals surface area contributed by atoms with Crippen molar-refractivity contribution >= 4 is 17.6 Å². The molecular weight excluding hydrogens is 476 g/mol. The van der Waals surface area contributed by atoms with Crippen LogP contribution in [0.4, 0.5) is 26.3 Å². The molecule has 0 radical (unpaired) electrons. The maximum atomic E-state index is 14.4. The predicted octanol–water partition coefficient (Wildman–Crippen LogP) is 6.41. The normalized spacial score (nSPS) is 12.6. The van der Waals surface area contributed by atoms with E-state index in [0.29, 0.717) is 0 Å². The molecule has 11 heteroatoms. The molecule has 0 aliphatic rings. The fraction of sp³-hybridized carbons (Fsp3) is 0.227. The molecule has 2 aromatic carbocycles. The largest absolute Gasteiger partial charge is 0.481 e. The minimum Gasteiger partial charge on any atom is -0.481 e. The fourth-order valence-electron chi connectivity index (χ4n) is 3.20. The molecule has 0 fully saturated rings. The summed E-state index contributed by atoms with van der Waals surface area (Å²) in [4.78, 5) is 10.9. The van der Waals surface area contributed by atoms with E-state index in [2.05, 4.69) is 0 Å². The summed E-state index contributed by atoms with van der Waals surface area (Å²) in [6, 6.07) is 5.78. The average Bonchev–Trinajstić information content (AvgIpc) is 3.13. The van der Waals surface area contributed by atoms with Crippen LogP contribution in [-0.2, 0) is 24.0 Å². The summed E-state index contributed by atoms with van der Waals surface area (Å²) in [5.74, 6) is -6.27. The van der Waals surface area contributed by atoms with E-state index in [4.69, 9.17) is 21.4 Å². The second-order valence-corrected chi connectivity index (χ2v) is 7.67. The van der Waals surface area contributed by atoms with E-state index in [0.717, 1.165) is 41.1 Å². The monoisotopic (exact) mass is 491 g/mol. The second-order valence-electron chi connectivity index (χ2n) is 7.26. The van der Waals surface area contributed by atoms with Crippen LogP contribution in [0.15, 0.2) is 42.6 Å². The van der Waals surface area contributed by atoms with E-state index in [1.54, 1.807) is 0 Å². The van der Waals surface area contributed by atoms with Crippen molar-refractivity contribution in [3.63, 3.8) is 0 Å². The molecule has 0 saturated heterocycles. The van der Waals surface area contributed by atoms with Gasteiger partial charge in [-0.05, 0) is 48.4 Å². The number of alkyl halides is 3. The lowest BCUT2D eigenvalue weighted by molar-refractivity contribution is -0.141. The van der Waals surface area contributed by atoms with Crippen LogP contribution in [0.5, 0.6) is 5.75 Å². The zero-order chi connectivity index (χ0) is 24.5. The molecule has 0 aliphatic heterocycles. The Balaban J connectivity index is 1.94. The lowest BCUT2D eigenvalue weighted by Crippen LogP contribution is -2.14. The Hall–Kier alpha value is -3.14. The van der Waals surface area contributed by atoms with Gasteiger partial charge in [-0.1, -0.05) is 18.5 Å². The maximum Gasteiger partial charge on any atom is 0.418 e. The Morgan fingerprint density at radius 3 is 2.27 bits per heavy atom. The van der Waals surface area contributed by atoms with Gasteiger partial charge in [0, 0.05) is 11.9 Å². The molecule has 1 unspecified atom stereocenters. The number of carboxylic acid groups (broad SMARTS) is 1. The SMILES string of the molecule is CC(Cc1cc(F)c(OCc2c(C(F)(F)F)ccn2-c2ccc(Cl)c(F)c2)c(F)c1)C(=O)O. The molecule has 1 atom stereocenters. The van der Waals surface area contributed by atoms with E-state index < -0.39 is 59.1 Å².